The molecule has 0 saturated heterocycles. The first kappa shape index (κ1) is 17.4. The molecule has 0 aromatic rings. The molecule has 0 aliphatic rings. The summed E-state index contributed by atoms with van der Waals surface area (Å²) in [5.41, 5.74) is 0. The predicted octanol–water partition coefficient (Wildman–Crippen LogP) is 4.63. The zero-order valence-corrected chi connectivity index (χ0v) is 16.1. The molecule has 0 aromatic heterocycles. The second-order valence-corrected chi connectivity index (χ2v) is 29.3. The van der Waals surface area contributed by atoms with Crippen molar-refractivity contribution in [1.82, 2.24) is 0 Å². The van der Waals surface area contributed by atoms with Gasteiger partial charge in [0.25, 0.3) is 0 Å². The molecule has 98 valence electrons. The van der Waals surface area contributed by atoms with Gasteiger partial charge in [-0.1, -0.05) is 0 Å². The van der Waals surface area contributed by atoms with Gasteiger partial charge >= 0.3 is 110 Å². The molecule has 0 saturated carbocycles. The molecular formula is C10H24BrO3PSn. The predicted molar refractivity (Wildman–Crippen MR) is 76.2 cm³/mol. The van der Waals surface area contributed by atoms with Gasteiger partial charge < -0.3 is 0 Å². The molecule has 0 aromatic carbocycles. The van der Waals surface area contributed by atoms with Gasteiger partial charge in [0.2, 0.25) is 0 Å². The van der Waals surface area contributed by atoms with Gasteiger partial charge in [0.1, 0.15) is 0 Å². The van der Waals surface area contributed by atoms with E-state index in [1.165, 1.54) is 8.87 Å². The second-order valence-electron chi connectivity index (χ2n) is 3.78. The molecule has 0 rings (SSSR count). The summed E-state index contributed by atoms with van der Waals surface area (Å²) in [6, 6.07) is 0. The van der Waals surface area contributed by atoms with E-state index in [-0.39, 0.29) is 0 Å². The quantitative estimate of drug-likeness (QED) is 0.402. The number of hydrogen-bond acceptors (Lipinski definition) is 3. The first-order valence-corrected chi connectivity index (χ1v) is 20.2. The van der Waals surface area contributed by atoms with Crippen LogP contribution in [0.4, 0.5) is 0 Å². The van der Waals surface area contributed by atoms with E-state index in [0.717, 1.165) is 4.44 Å². The van der Waals surface area contributed by atoms with Crippen LogP contribution in [-0.4, -0.2) is 35.5 Å². The molecule has 3 nitrogen and oxygen atoms in total. The third kappa shape index (κ3) is 6.39. The Bertz CT molecular complexity index is 224. The maximum atomic E-state index is 12.3. The Morgan fingerprint density at radius 1 is 1.06 bits per heavy atom. The molecule has 0 spiro atoms. The summed E-state index contributed by atoms with van der Waals surface area (Å²) in [4.78, 5) is 0. The number of hydrogen-bond donors (Lipinski definition) is 0. The van der Waals surface area contributed by atoms with Crippen LogP contribution in [0.15, 0.2) is 0 Å². The standard InChI is InChI=1S/C6H14O3P.2C2H5.BrH.Sn/c1-4-8-10(7,6-3)9-5-2;2*1-2;;/h3-6H2,1-2H3;2*1H2,2H3;1H;/q;;;;+1/p-1. The van der Waals surface area contributed by atoms with Crippen molar-refractivity contribution >= 4 is 36.5 Å². The van der Waals surface area contributed by atoms with Crippen LogP contribution in [0.25, 0.3) is 0 Å². The molecule has 0 unspecified atom stereocenters. The zero-order valence-electron chi connectivity index (χ0n) is 10.8. The van der Waals surface area contributed by atoms with Crippen LogP contribution in [0, 0.1) is 0 Å². The van der Waals surface area contributed by atoms with Crippen molar-refractivity contribution in [3.8, 4) is 0 Å². The van der Waals surface area contributed by atoms with Crippen LogP contribution >= 0.6 is 20.3 Å². The summed E-state index contributed by atoms with van der Waals surface area (Å²) in [5.74, 6) is 0. The summed E-state index contributed by atoms with van der Waals surface area (Å²) < 4.78 is 26.3. The van der Waals surface area contributed by atoms with Crippen LogP contribution in [0.5, 0.6) is 0 Å². The summed E-state index contributed by atoms with van der Waals surface area (Å²) in [5, 5.41) is 0. The molecule has 0 amide bonds. The van der Waals surface area contributed by atoms with Crippen LogP contribution < -0.4 is 0 Å². The summed E-state index contributed by atoms with van der Waals surface area (Å²) in [6.45, 7) is 9.08. The topological polar surface area (TPSA) is 35.5 Å². The van der Waals surface area contributed by atoms with Gasteiger partial charge in [-0.15, -0.1) is 0 Å². The third-order valence-corrected chi connectivity index (χ3v) is 26.7. The van der Waals surface area contributed by atoms with Crippen LogP contribution in [0.2, 0.25) is 13.3 Å². The number of rotatable bonds is 9. The van der Waals surface area contributed by atoms with Gasteiger partial charge in [0, 0.05) is 0 Å². The molecule has 0 aliphatic heterocycles. The van der Waals surface area contributed by atoms with Crippen molar-refractivity contribution in [1.29, 1.82) is 0 Å². The second kappa shape index (κ2) is 8.52. The normalized spacial score (nSPS) is 13.1. The third-order valence-electron chi connectivity index (χ3n) is 2.75. The maximum absolute atomic E-state index is 12.3. The van der Waals surface area contributed by atoms with Gasteiger partial charge in [0.05, 0.1) is 0 Å². The van der Waals surface area contributed by atoms with E-state index in [0.29, 0.717) is 19.4 Å². The minimum absolute atomic E-state index is 0.459. The first-order valence-electron chi connectivity index (χ1n) is 6.02. The Hall–Kier alpha value is 1.43. The molecule has 0 fully saturated rings. The van der Waals surface area contributed by atoms with Crippen LogP contribution in [-0.2, 0) is 13.6 Å². The Morgan fingerprint density at radius 3 is 1.81 bits per heavy atom. The van der Waals surface area contributed by atoms with Crippen molar-refractivity contribution in [3.63, 3.8) is 0 Å². The average molecular weight is 422 g/mol. The summed E-state index contributed by atoms with van der Waals surface area (Å²) >= 11 is 1.79. The van der Waals surface area contributed by atoms with Crippen molar-refractivity contribution < 1.29 is 13.6 Å². The van der Waals surface area contributed by atoms with Gasteiger partial charge in [-0.2, -0.15) is 0 Å². The molecule has 0 aliphatic carbocycles. The SMILES string of the molecule is CCOP(=O)(C[CH2][Sn]([Br])([CH2]C)[CH2]C)OCC. The molecule has 0 radical (unpaired) electrons. The van der Waals surface area contributed by atoms with E-state index >= 15 is 0 Å². The molecule has 6 heteroatoms. The Kier molecular flexibility index (Phi) is 9.28. The Balaban J connectivity index is 4.36. The summed E-state index contributed by atoms with van der Waals surface area (Å²) in [6.07, 6.45) is 0.581. The van der Waals surface area contributed by atoms with E-state index in [1.807, 2.05) is 13.8 Å². The van der Waals surface area contributed by atoms with Crippen molar-refractivity contribution in [2.45, 2.75) is 41.0 Å². The van der Waals surface area contributed by atoms with E-state index < -0.39 is 23.8 Å². The van der Waals surface area contributed by atoms with E-state index in [4.69, 9.17) is 9.05 Å². The molecule has 0 bridgehead atoms. The van der Waals surface area contributed by atoms with E-state index in [1.54, 1.807) is 0 Å². The van der Waals surface area contributed by atoms with Gasteiger partial charge in [-0.25, -0.2) is 0 Å². The Labute approximate surface area is 110 Å². The van der Waals surface area contributed by atoms with Crippen molar-refractivity contribution in [2.75, 3.05) is 19.4 Å². The summed E-state index contributed by atoms with van der Waals surface area (Å²) in [7, 11) is -2.82. The van der Waals surface area contributed by atoms with Gasteiger partial charge in [-0.3, -0.25) is 0 Å². The molecule has 0 heterocycles. The van der Waals surface area contributed by atoms with Crippen molar-refractivity contribution in [3.05, 3.63) is 0 Å². The molecule has 0 N–H and O–H groups in total. The fourth-order valence-corrected chi connectivity index (χ4v) is 16.1. The molecule has 0 atom stereocenters. The van der Waals surface area contributed by atoms with E-state index in [9.17, 15) is 4.57 Å². The fraction of sp³-hybridized carbons (Fsp3) is 1.00. The molecular weight excluding hydrogens is 398 g/mol. The minimum atomic E-state index is -2.82. The monoisotopic (exact) mass is 422 g/mol. The van der Waals surface area contributed by atoms with Crippen LogP contribution in [0.1, 0.15) is 27.7 Å². The number of halogens is 1. The van der Waals surface area contributed by atoms with E-state index in [2.05, 4.69) is 26.6 Å². The zero-order chi connectivity index (χ0) is 12.7. The van der Waals surface area contributed by atoms with Crippen molar-refractivity contribution in [2.24, 2.45) is 0 Å². The average Bonchev–Trinajstić information content (AvgIpc) is 2.27. The Morgan fingerprint density at radius 2 is 1.50 bits per heavy atom. The van der Waals surface area contributed by atoms with Crippen LogP contribution in [0.3, 0.4) is 0 Å². The first-order chi connectivity index (χ1) is 7.45. The molecule has 16 heavy (non-hydrogen) atoms. The fourth-order valence-electron chi connectivity index (χ4n) is 1.50. The van der Waals surface area contributed by atoms with Gasteiger partial charge in [-0.05, 0) is 0 Å². The van der Waals surface area contributed by atoms with Gasteiger partial charge in [0.15, 0.2) is 0 Å².